The molecule has 5 nitrogen and oxygen atoms in total. The topological polar surface area (TPSA) is 86.8 Å². The molecule has 0 amide bonds. The average molecular weight is 252 g/mol. The van der Waals surface area contributed by atoms with Gasteiger partial charge in [0.15, 0.2) is 0 Å². The summed E-state index contributed by atoms with van der Waals surface area (Å²) in [6.45, 7) is 3.80. The van der Waals surface area contributed by atoms with Crippen molar-refractivity contribution in [3.63, 3.8) is 0 Å². The fraction of sp³-hybridized carbons (Fsp3) is 0.462. The number of carboxylic acids is 1. The number of carbonyl (C=O) groups is 1. The van der Waals surface area contributed by atoms with E-state index in [0.717, 1.165) is 31.6 Å². The van der Waals surface area contributed by atoms with Gasteiger partial charge in [-0.15, -0.1) is 0 Å². The standard InChI is InChI=1S/C13H20N2O3/c1-2-15(7-3-4-8-16)12-6-5-10(13(17)18)9-11(12)14/h5-6,9,16H,2-4,7-8,14H2,1H3,(H,17,18). The van der Waals surface area contributed by atoms with Crippen LogP contribution < -0.4 is 10.6 Å². The van der Waals surface area contributed by atoms with Crippen LogP contribution in [-0.2, 0) is 0 Å². The third-order valence-electron chi connectivity index (χ3n) is 2.83. The minimum absolute atomic E-state index is 0.186. The zero-order chi connectivity index (χ0) is 13.5. The number of nitrogen functional groups attached to an aromatic ring is 1. The molecular formula is C13H20N2O3. The fourth-order valence-electron chi connectivity index (χ4n) is 1.84. The van der Waals surface area contributed by atoms with Crippen LogP contribution in [0.2, 0.25) is 0 Å². The fourth-order valence-corrected chi connectivity index (χ4v) is 1.84. The minimum Gasteiger partial charge on any atom is -0.478 e. The molecule has 100 valence electrons. The quantitative estimate of drug-likeness (QED) is 0.506. The predicted molar refractivity (Wildman–Crippen MR) is 72.0 cm³/mol. The molecule has 18 heavy (non-hydrogen) atoms. The largest absolute Gasteiger partial charge is 0.478 e. The first-order chi connectivity index (χ1) is 8.60. The van der Waals surface area contributed by atoms with E-state index in [1.807, 2.05) is 6.92 Å². The summed E-state index contributed by atoms with van der Waals surface area (Å²) in [5.74, 6) is -0.975. The van der Waals surface area contributed by atoms with Gasteiger partial charge in [0.05, 0.1) is 16.9 Å². The van der Waals surface area contributed by atoms with E-state index in [9.17, 15) is 4.79 Å². The maximum absolute atomic E-state index is 10.8. The van der Waals surface area contributed by atoms with Crippen LogP contribution in [0.1, 0.15) is 30.1 Å². The summed E-state index contributed by atoms with van der Waals surface area (Å²) in [6, 6.07) is 4.77. The van der Waals surface area contributed by atoms with Crippen molar-refractivity contribution >= 4 is 17.3 Å². The molecule has 0 atom stereocenters. The van der Waals surface area contributed by atoms with Crippen LogP contribution in [-0.4, -0.2) is 35.9 Å². The zero-order valence-corrected chi connectivity index (χ0v) is 10.6. The Labute approximate surface area is 107 Å². The molecule has 5 heteroatoms. The summed E-state index contributed by atoms with van der Waals surface area (Å²) in [7, 11) is 0. The van der Waals surface area contributed by atoms with Crippen LogP contribution in [0.15, 0.2) is 18.2 Å². The van der Waals surface area contributed by atoms with E-state index in [2.05, 4.69) is 4.90 Å². The molecule has 0 saturated carbocycles. The van der Waals surface area contributed by atoms with Crippen molar-refractivity contribution in [3.8, 4) is 0 Å². The maximum atomic E-state index is 10.8. The first-order valence-corrected chi connectivity index (χ1v) is 6.08. The van der Waals surface area contributed by atoms with Crippen LogP contribution in [0.25, 0.3) is 0 Å². The van der Waals surface area contributed by atoms with Gasteiger partial charge in [-0.2, -0.15) is 0 Å². The Hall–Kier alpha value is -1.75. The molecule has 0 heterocycles. The molecule has 0 saturated heterocycles. The maximum Gasteiger partial charge on any atom is 0.335 e. The summed E-state index contributed by atoms with van der Waals surface area (Å²) in [4.78, 5) is 12.9. The number of benzene rings is 1. The molecular weight excluding hydrogens is 232 g/mol. The highest BCUT2D eigenvalue weighted by molar-refractivity contribution is 5.90. The molecule has 1 aromatic rings. The zero-order valence-electron chi connectivity index (χ0n) is 10.6. The van der Waals surface area contributed by atoms with E-state index in [1.54, 1.807) is 12.1 Å². The lowest BCUT2D eigenvalue weighted by molar-refractivity contribution is 0.0697. The van der Waals surface area contributed by atoms with Crippen molar-refractivity contribution in [1.29, 1.82) is 0 Å². The number of rotatable bonds is 7. The number of aliphatic hydroxyl groups is 1. The van der Waals surface area contributed by atoms with Crippen LogP contribution in [0.5, 0.6) is 0 Å². The van der Waals surface area contributed by atoms with Crippen molar-refractivity contribution in [3.05, 3.63) is 23.8 Å². The number of carboxylic acid groups (broad SMARTS) is 1. The lowest BCUT2D eigenvalue weighted by Crippen LogP contribution is -2.25. The van der Waals surface area contributed by atoms with Gasteiger partial charge in [-0.3, -0.25) is 0 Å². The van der Waals surface area contributed by atoms with E-state index in [4.69, 9.17) is 15.9 Å². The Morgan fingerprint density at radius 2 is 2.11 bits per heavy atom. The average Bonchev–Trinajstić information content (AvgIpc) is 2.35. The lowest BCUT2D eigenvalue weighted by Gasteiger charge is -2.24. The lowest BCUT2D eigenvalue weighted by atomic mass is 10.1. The predicted octanol–water partition coefficient (Wildman–Crippen LogP) is 1.57. The first kappa shape index (κ1) is 14.3. The number of hydrogen-bond donors (Lipinski definition) is 3. The van der Waals surface area contributed by atoms with Gasteiger partial charge in [-0.25, -0.2) is 4.79 Å². The molecule has 0 unspecified atom stereocenters. The minimum atomic E-state index is -0.975. The third kappa shape index (κ3) is 3.63. The van der Waals surface area contributed by atoms with Crippen molar-refractivity contribution in [1.82, 2.24) is 0 Å². The van der Waals surface area contributed by atoms with E-state index in [-0.39, 0.29) is 12.2 Å². The molecule has 0 radical (unpaired) electrons. The number of nitrogens with two attached hydrogens (primary N) is 1. The van der Waals surface area contributed by atoms with Gasteiger partial charge in [0, 0.05) is 19.7 Å². The van der Waals surface area contributed by atoms with Gasteiger partial charge in [0.25, 0.3) is 0 Å². The van der Waals surface area contributed by atoms with E-state index in [1.165, 1.54) is 6.07 Å². The second-order valence-corrected chi connectivity index (χ2v) is 4.09. The molecule has 0 bridgehead atoms. The second kappa shape index (κ2) is 6.86. The van der Waals surface area contributed by atoms with Gasteiger partial charge in [-0.05, 0) is 38.0 Å². The van der Waals surface area contributed by atoms with Crippen LogP contribution in [0.4, 0.5) is 11.4 Å². The number of anilines is 2. The van der Waals surface area contributed by atoms with Gasteiger partial charge >= 0.3 is 5.97 Å². The molecule has 0 aromatic heterocycles. The highest BCUT2D eigenvalue weighted by Gasteiger charge is 2.10. The Balaban J connectivity index is 2.82. The molecule has 1 aromatic carbocycles. The first-order valence-electron chi connectivity index (χ1n) is 6.08. The van der Waals surface area contributed by atoms with Crippen molar-refractivity contribution in [2.45, 2.75) is 19.8 Å². The molecule has 0 aliphatic heterocycles. The van der Waals surface area contributed by atoms with Crippen LogP contribution >= 0.6 is 0 Å². The molecule has 1 rings (SSSR count). The molecule has 0 spiro atoms. The Morgan fingerprint density at radius 3 is 2.61 bits per heavy atom. The Kier molecular flexibility index (Phi) is 5.45. The van der Waals surface area contributed by atoms with Gasteiger partial charge in [-0.1, -0.05) is 0 Å². The highest BCUT2D eigenvalue weighted by Crippen LogP contribution is 2.24. The van der Waals surface area contributed by atoms with Crippen molar-refractivity contribution in [2.75, 3.05) is 30.3 Å². The monoisotopic (exact) mass is 252 g/mol. The van der Waals surface area contributed by atoms with Crippen molar-refractivity contribution in [2.24, 2.45) is 0 Å². The summed E-state index contributed by atoms with van der Waals surface area (Å²) in [5, 5.41) is 17.6. The summed E-state index contributed by atoms with van der Waals surface area (Å²) in [6.07, 6.45) is 1.63. The second-order valence-electron chi connectivity index (χ2n) is 4.09. The molecule has 0 fully saturated rings. The Morgan fingerprint density at radius 1 is 1.39 bits per heavy atom. The van der Waals surface area contributed by atoms with E-state index >= 15 is 0 Å². The van der Waals surface area contributed by atoms with E-state index in [0.29, 0.717) is 5.69 Å². The van der Waals surface area contributed by atoms with Gasteiger partial charge in [0.1, 0.15) is 0 Å². The number of aliphatic hydroxyl groups excluding tert-OH is 1. The number of aromatic carboxylic acids is 1. The van der Waals surface area contributed by atoms with Crippen molar-refractivity contribution < 1.29 is 15.0 Å². The molecule has 0 aliphatic carbocycles. The van der Waals surface area contributed by atoms with Gasteiger partial charge < -0.3 is 20.8 Å². The number of nitrogens with zero attached hydrogens (tertiary/aromatic N) is 1. The van der Waals surface area contributed by atoms with E-state index < -0.39 is 5.97 Å². The SMILES string of the molecule is CCN(CCCCO)c1ccc(C(=O)O)cc1N. The summed E-state index contributed by atoms with van der Waals surface area (Å²) >= 11 is 0. The smallest absolute Gasteiger partial charge is 0.335 e. The van der Waals surface area contributed by atoms with Crippen LogP contribution in [0.3, 0.4) is 0 Å². The summed E-state index contributed by atoms with van der Waals surface area (Å²) < 4.78 is 0. The number of unbranched alkanes of at least 4 members (excludes halogenated alkanes) is 1. The van der Waals surface area contributed by atoms with Crippen LogP contribution in [0, 0.1) is 0 Å². The third-order valence-corrected chi connectivity index (χ3v) is 2.83. The normalized spacial score (nSPS) is 10.3. The molecule has 0 aliphatic rings. The molecule has 4 N–H and O–H groups in total. The van der Waals surface area contributed by atoms with Gasteiger partial charge in [0.2, 0.25) is 0 Å². The Bertz CT molecular complexity index is 407. The summed E-state index contributed by atoms with van der Waals surface area (Å²) in [5.41, 5.74) is 7.40. The highest BCUT2D eigenvalue weighted by atomic mass is 16.4. The number of hydrogen-bond acceptors (Lipinski definition) is 4.